The predicted octanol–water partition coefficient (Wildman–Crippen LogP) is 2.96. The summed E-state index contributed by atoms with van der Waals surface area (Å²) in [7, 11) is 1.86. The number of likely N-dealkylation sites (tertiary alicyclic amines) is 1. The van der Waals surface area contributed by atoms with Crippen LogP contribution in [-0.4, -0.2) is 78.5 Å². The molecule has 1 saturated heterocycles. The van der Waals surface area contributed by atoms with E-state index in [9.17, 15) is 24.3 Å². The molecule has 4 unspecified atom stereocenters. The van der Waals surface area contributed by atoms with Gasteiger partial charge in [0.2, 0.25) is 24.6 Å². The second-order valence-corrected chi connectivity index (χ2v) is 13.6. The Kier molecular flexibility index (Phi) is 15.5. The van der Waals surface area contributed by atoms with E-state index in [1.807, 2.05) is 44.9 Å². The van der Waals surface area contributed by atoms with Crippen molar-refractivity contribution in [1.29, 1.82) is 0 Å². The van der Waals surface area contributed by atoms with Gasteiger partial charge in [-0.3, -0.25) is 19.2 Å². The Hall–Kier alpha value is -2.69. The monoisotopic (exact) mass is 609 g/mol. The molecule has 4 atom stereocenters. The molecule has 1 aliphatic carbocycles. The molecule has 2 fully saturated rings. The predicted molar refractivity (Wildman–Crippen MR) is 167 cm³/mol. The number of rotatable bonds is 10. The number of halogens is 1. The number of nitrogens with two attached hydrogens (primary N) is 1. The minimum Gasteiger partial charge on any atom is -0.381 e. The van der Waals surface area contributed by atoms with E-state index < -0.39 is 18.1 Å². The van der Waals surface area contributed by atoms with Crippen molar-refractivity contribution in [1.82, 2.24) is 20.9 Å². The second-order valence-electron chi connectivity index (χ2n) is 13.2. The van der Waals surface area contributed by atoms with E-state index >= 15 is 0 Å². The van der Waals surface area contributed by atoms with Gasteiger partial charge in [-0.05, 0) is 69.7 Å². The quantitative estimate of drug-likeness (QED) is 0.257. The molecule has 0 spiro atoms. The van der Waals surface area contributed by atoms with Crippen LogP contribution < -0.4 is 21.7 Å². The van der Waals surface area contributed by atoms with Crippen LogP contribution >= 0.6 is 11.6 Å². The summed E-state index contributed by atoms with van der Waals surface area (Å²) in [6.07, 6.45) is 4.96. The number of amides is 4. The third-order valence-electron chi connectivity index (χ3n) is 7.50. The third-order valence-corrected chi connectivity index (χ3v) is 7.75. The lowest BCUT2D eigenvalue weighted by atomic mass is 9.80. The Morgan fingerprint density at radius 1 is 1.07 bits per heavy atom. The number of benzene rings is 1. The van der Waals surface area contributed by atoms with Crippen molar-refractivity contribution in [2.24, 2.45) is 17.1 Å². The minimum absolute atomic E-state index is 0.0677. The van der Waals surface area contributed by atoms with Crippen LogP contribution in [0.2, 0.25) is 5.02 Å². The van der Waals surface area contributed by atoms with E-state index in [0.717, 1.165) is 37.4 Å². The lowest BCUT2D eigenvalue weighted by Crippen LogP contribution is -2.51. The van der Waals surface area contributed by atoms with Crippen molar-refractivity contribution in [3.05, 3.63) is 34.9 Å². The second kappa shape index (κ2) is 17.4. The highest BCUT2D eigenvalue weighted by molar-refractivity contribution is 6.30. The molecule has 3 rings (SSSR count). The first-order chi connectivity index (χ1) is 19.5. The van der Waals surface area contributed by atoms with Gasteiger partial charge >= 0.3 is 0 Å². The van der Waals surface area contributed by atoms with Crippen molar-refractivity contribution in [3.63, 3.8) is 0 Å². The molecule has 1 saturated carbocycles. The highest BCUT2D eigenvalue weighted by atomic mass is 35.5. The van der Waals surface area contributed by atoms with Gasteiger partial charge < -0.3 is 31.7 Å². The van der Waals surface area contributed by atoms with E-state index in [4.69, 9.17) is 17.3 Å². The van der Waals surface area contributed by atoms with Crippen LogP contribution in [0.3, 0.4) is 0 Å². The van der Waals surface area contributed by atoms with Gasteiger partial charge in [-0.2, -0.15) is 0 Å². The molecule has 4 amide bonds. The largest absolute Gasteiger partial charge is 0.381 e. The molecule has 6 N–H and O–H groups in total. The number of likely N-dealkylation sites (N-methyl/N-ethyl adjacent to an activating group) is 1. The molecule has 238 valence electrons. The average Bonchev–Trinajstić information content (AvgIpc) is 3.35. The van der Waals surface area contributed by atoms with Gasteiger partial charge in [0.1, 0.15) is 0 Å². The maximum atomic E-state index is 12.7. The molecule has 2 aliphatic rings. The van der Waals surface area contributed by atoms with Gasteiger partial charge in [0.05, 0.1) is 12.1 Å². The van der Waals surface area contributed by atoms with Gasteiger partial charge in [-0.25, -0.2) is 0 Å². The van der Waals surface area contributed by atoms with Crippen LogP contribution in [0.5, 0.6) is 0 Å². The number of nitrogens with zero attached hydrogens (tertiary/aromatic N) is 1. The number of hydrogen-bond acceptors (Lipinski definition) is 6. The summed E-state index contributed by atoms with van der Waals surface area (Å²) in [5.74, 6) is 0.343. The molecule has 11 heteroatoms. The molecule has 1 aromatic carbocycles. The van der Waals surface area contributed by atoms with E-state index in [0.29, 0.717) is 31.1 Å². The summed E-state index contributed by atoms with van der Waals surface area (Å²) in [6, 6.07) is 7.32. The number of nitrogens with one attached hydrogen (secondary N) is 3. The fraction of sp³-hybridized carbons (Fsp3) is 0.677. The first-order valence-electron chi connectivity index (χ1n) is 14.6. The van der Waals surface area contributed by atoms with Gasteiger partial charge in [0.15, 0.2) is 6.10 Å². The molecule has 1 heterocycles. The van der Waals surface area contributed by atoms with E-state index in [-0.39, 0.29) is 22.9 Å². The van der Waals surface area contributed by atoms with Crippen molar-refractivity contribution in [2.45, 2.75) is 103 Å². The molecule has 10 nitrogen and oxygen atoms in total. The van der Waals surface area contributed by atoms with Crippen LogP contribution in [0, 0.1) is 11.3 Å². The van der Waals surface area contributed by atoms with Crippen molar-refractivity contribution in [3.8, 4) is 0 Å². The van der Waals surface area contributed by atoms with Crippen molar-refractivity contribution < 1.29 is 24.3 Å². The fourth-order valence-corrected chi connectivity index (χ4v) is 5.04. The van der Waals surface area contributed by atoms with Crippen molar-refractivity contribution >= 4 is 36.2 Å². The van der Waals surface area contributed by atoms with E-state index in [1.165, 1.54) is 12.0 Å². The molecule has 0 radical (unpaired) electrons. The minimum atomic E-state index is -1.28. The van der Waals surface area contributed by atoms with Gasteiger partial charge in [0, 0.05) is 29.6 Å². The van der Waals surface area contributed by atoms with Crippen LogP contribution in [0.15, 0.2) is 24.3 Å². The SMILES string of the molecule is CC(C)(C)NC=O.CNC(C(=O)N1CCC(c2ccc(Cl)cc2)C1)C(C)(C)C.NC(=O)C(O)C(CC1CCC1)NC=O. The Balaban J connectivity index is 0.000000361. The molecular formula is C31H52ClN5O5. The topological polar surface area (TPSA) is 154 Å². The van der Waals surface area contributed by atoms with Crippen molar-refractivity contribution in [2.75, 3.05) is 20.1 Å². The molecule has 42 heavy (non-hydrogen) atoms. The summed E-state index contributed by atoms with van der Waals surface area (Å²) >= 11 is 5.94. The lowest BCUT2D eigenvalue weighted by Gasteiger charge is -2.32. The standard InChI is InChI=1S/C17H25ClN2O.C9H16N2O3.C5H11NO/c1-17(2,3)15(19-4)16(21)20-10-9-13(11-20)12-5-7-14(18)8-6-12;10-9(14)8(13)7(11-5-12)4-6-2-1-3-6;1-5(2,3)6-4-7/h5-8,13,15,19H,9-11H2,1-4H3;5-8,13H,1-4H2,(H2,10,14)(H,11,12);4H,1-3H3,(H,6,7). The average molecular weight is 610 g/mol. The Morgan fingerprint density at radius 2 is 1.67 bits per heavy atom. The van der Waals surface area contributed by atoms with Gasteiger partial charge in [-0.1, -0.05) is 63.8 Å². The highest BCUT2D eigenvalue weighted by Crippen LogP contribution is 2.31. The maximum absolute atomic E-state index is 12.7. The lowest BCUT2D eigenvalue weighted by molar-refractivity contribution is -0.135. The normalized spacial score (nSPS) is 19.0. The highest BCUT2D eigenvalue weighted by Gasteiger charge is 2.36. The fourth-order valence-electron chi connectivity index (χ4n) is 4.92. The summed E-state index contributed by atoms with van der Waals surface area (Å²) in [4.78, 5) is 45.4. The Bertz CT molecular complexity index is 989. The maximum Gasteiger partial charge on any atom is 0.248 e. The zero-order chi connectivity index (χ0) is 32.1. The third kappa shape index (κ3) is 13.1. The number of hydrogen-bond donors (Lipinski definition) is 5. The molecular weight excluding hydrogens is 558 g/mol. The molecule has 0 bridgehead atoms. The number of aliphatic hydroxyl groups is 1. The summed E-state index contributed by atoms with van der Waals surface area (Å²) < 4.78 is 0. The summed E-state index contributed by atoms with van der Waals surface area (Å²) in [5, 5.41) is 18.4. The first-order valence-corrected chi connectivity index (χ1v) is 15.0. The first kappa shape index (κ1) is 37.3. The molecule has 0 aromatic heterocycles. The zero-order valence-electron chi connectivity index (χ0n) is 26.3. The summed E-state index contributed by atoms with van der Waals surface area (Å²) in [6.45, 7) is 13.7. The number of carbonyl (C=O) groups excluding carboxylic acids is 4. The Morgan fingerprint density at radius 3 is 2.05 bits per heavy atom. The van der Waals surface area contributed by atoms with Crippen LogP contribution in [-0.2, 0) is 19.2 Å². The van der Waals surface area contributed by atoms with Gasteiger partial charge in [-0.15, -0.1) is 0 Å². The van der Waals surface area contributed by atoms with Crippen LogP contribution in [0.25, 0.3) is 0 Å². The molecule has 1 aromatic rings. The zero-order valence-corrected chi connectivity index (χ0v) is 27.0. The molecule has 1 aliphatic heterocycles. The number of aliphatic hydroxyl groups excluding tert-OH is 1. The number of primary amides is 1. The summed E-state index contributed by atoms with van der Waals surface area (Å²) in [5.41, 5.74) is 6.08. The van der Waals surface area contributed by atoms with E-state index in [1.54, 1.807) is 0 Å². The van der Waals surface area contributed by atoms with Crippen LogP contribution in [0.4, 0.5) is 0 Å². The Labute approximate surface area is 256 Å². The van der Waals surface area contributed by atoms with Crippen LogP contribution in [0.1, 0.15) is 85.1 Å². The smallest absolute Gasteiger partial charge is 0.248 e. The van der Waals surface area contributed by atoms with E-state index in [2.05, 4.69) is 48.9 Å². The number of carbonyl (C=O) groups is 4. The van der Waals surface area contributed by atoms with Gasteiger partial charge in [0.25, 0.3) is 0 Å².